The number of fused-ring (bicyclic) bond motifs is 1. The SMILES string of the molecule is CCC(Nc1c(C#N)cnc2c(Cl)cc(NC(c3cccc(N(C)C(C)=O)c3)c3cn(C4CCN(C(C)(C)C)CC4)nn3)cc12)c1ccccc1. The van der Waals surface area contributed by atoms with Crippen LogP contribution in [0.2, 0.25) is 5.02 Å². The lowest BCUT2D eigenvalue weighted by Crippen LogP contribution is -2.46. The average Bonchev–Trinajstić information content (AvgIpc) is 3.62. The maximum Gasteiger partial charge on any atom is 0.223 e. The molecular formula is C40H46ClN9O. The van der Waals surface area contributed by atoms with E-state index in [0.29, 0.717) is 21.8 Å². The molecule has 0 bridgehead atoms. The van der Waals surface area contributed by atoms with Gasteiger partial charge in [-0.1, -0.05) is 66.2 Å². The van der Waals surface area contributed by atoms with Gasteiger partial charge < -0.3 is 15.5 Å². The van der Waals surface area contributed by atoms with Crippen LogP contribution in [-0.4, -0.2) is 56.5 Å². The highest BCUT2D eigenvalue weighted by atomic mass is 35.5. The van der Waals surface area contributed by atoms with Gasteiger partial charge in [-0.05, 0) is 75.4 Å². The van der Waals surface area contributed by atoms with Gasteiger partial charge >= 0.3 is 0 Å². The van der Waals surface area contributed by atoms with Crippen LogP contribution in [0.5, 0.6) is 0 Å². The van der Waals surface area contributed by atoms with Gasteiger partial charge in [0, 0.05) is 55.6 Å². The number of benzene rings is 3. The van der Waals surface area contributed by atoms with E-state index in [-0.39, 0.29) is 23.5 Å². The second kappa shape index (κ2) is 15.1. The largest absolute Gasteiger partial charge is 0.377 e. The summed E-state index contributed by atoms with van der Waals surface area (Å²) in [7, 11) is 1.76. The zero-order chi connectivity index (χ0) is 36.3. The highest BCUT2D eigenvalue weighted by Gasteiger charge is 2.29. The fourth-order valence-corrected chi connectivity index (χ4v) is 7.12. The lowest BCUT2D eigenvalue weighted by Gasteiger charge is -2.40. The van der Waals surface area contributed by atoms with Gasteiger partial charge in [-0.3, -0.25) is 14.7 Å². The number of rotatable bonds is 10. The van der Waals surface area contributed by atoms with Crippen LogP contribution in [0.3, 0.4) is 0 Å². The van der Waals surface area contributed by atoms with Crippen molar-refractivity contribution in [2.45, 2.75) is 77.5 Å². The van der Waals surface area contributed by atoms with Crippen LogP contribution >= 0.6 is 11.6 Å². The van der Waals surface area contributed by atoms with Crippen LogP contribution in [0.1, 0.15) is 94.4 Å². The molecule has 1 saturated heterocycles. The summed E-state index contributed by atoms with van der Waals surface area (Å²) in [5.74, 6) is -0.0628. The molecule has 2 aromatic heterocycles. The Morgan fingerprint density at radius 1 is 1.06 bits per heavy atom. The Hall–Kier alpha value is -4.98. The Morgan fingerprint density at radius 2 is 1.78 bits per heavy atom. The summed E-state index contributed by atoms with van der Waals surface area (Å²) in [4.78, 5) is 21.0. The number of nitriles is 1. The first-order chi connectivity index (χ1) is 24.5. The second-order valence-electron chi connectivity index (χ2n) is 14.3. The van der Waals surface area contributed by atoms with Gasteiger partial charge in [0.05, 0.1) is 46.1 Å². The van der Waals surface area contributed by atoms with Crippen LogP contribution in [-0.2, 0) is 4.79 Å². The van der Waals surface area contributed by atoms with Crippen molar-refractivity contribution in [1.29, 1.82) is 5.26 Å². The minimum absolute atomic E-state index is 0.0293. The first kappa shape index (κ1) is 35.8. The molecule has 6 rings (SSSR count). The first-order valence-electron chi connectivity index (χ1n) is 17.6. The standard InChI is InChI=1S/C40H46ClN9O/c1-7-35(27-12-9-8-10-13-27)45-37-29(23-42)24-43-39-33(37)21-30(22-34(39)41)44-38(28-14-11-15-32(20-28)48(6)26(2)51)36-25-50(47-46-36)31-16-18-49(19-17-31)40(3,4)5/h8-15,20-22,24-25,31,35,38,44H,7,16-19H2,1-6H3,(H,43,45). The molecule has 2 atom stereocenters. The number of halogens is 1. The van der Waals surface area contributed by atoms with Crippen LogP contribution < -0.4 is 15.5 Å². The van der Waals surface area contributed by atoms with E-state index < -0.39 is 6.04 Å². The number of nitrogens with zero attached hydrogens (tertiary/aromatic N) is 7. The summed E-state index contributed by atoms with van der Waals surface area (Å²) in [5.41, 5.74) is 6.10. The lowest BCUT2D eigenvalue weighted by molar-refractivity contribution is -0.116. The molecule has 1 amide bonds. The molecule has 3 aromatic carbocycles. The molecule has 10 nitrogen and oxygen atoms in total. The van der Waals surface area contributed by atoms with Crippen LogP contribution in [0.25, 0.3) is 10.9 Å². The van der Waals surface area contributed by atoms with Gasteiger partial charge in [0.1, 0.15) is 11.8 Å². The third-order valence-corrected chi connectivity index (χ3v) is 10.2. The summed E-state index contributed by atoms with van der Waals surface area (Å²) in [6, 6.07) is 24.0. The summed E-state index contributed by atoms with van der Waals surface area (Å²) < 4.78 is 2.00. The summed E-state index contributed by atoms with van der Waals surface area (Å²) in [6.45, 7) is 12.4. The van der Waals surface area contributed by atoms with E-state index in [2.05, 4.69) is 71.6 Å². The monoisotopic (exact) mass is 703 g/mol. The van der Waals surface area contributed by atoms with E-state index in [1.54, 1.807) is 25.1 Å². The molecule has 1 fully saturated rings. The number of pyridine rings is 1. The molecule has 0 radical (unpaired) electrons. The van der Waals surface area contributed by atoms with Crippen molar-refractivity contribution in [1.82, 2.24) is 24.9 Å². The average molecular weight is 704 g/mol. The Labute approximate surface area is 305 Å². The number of amides is 1. The fourth-order valence-electron chi connectivity index (χ4n) is 6.86. The lowest BCUT2D eigenvalue weighted by atomic mass is 9.98. The predicted molar refractivity (Wildman–Crippen MR) is 205 cm³/mol. The minimum Gasteiger partial charge on any atom is -0.377 e. The van der Waals surface area contributed by atoms with Gasteiger partial charge in [0.2, 0.25) is 5.91 Å². The highest BCUT2D eigenvalue weighted by Crippen LogP contribution is 2.38. The van der Waals surface area contributed by atoms with Crippen molar-refractivity contribution in [3.05, 3.63) is 107 Å². The molecule has 0 aliphatic carbocycles. The number of hydrogen-bond acceptors (Lipinski definition) is 8. The molecule has 0 spiro atoms. The topological polar surface area (TPSA) is 115 Å². The zero-order valence-corrected chi connectivity index (χ0v) is 30.9. The van der Waals surface area contributed by atoms with Crippen molar-refractivity contribution in [3.63, 3.8) is 0 Å². The Bertz CT molecular complexity index is 2040. The number of carbonyl (C=O) groups excluding carboxylic acids is 1. The van der Waals surface area contributed by atoms with Crippen molar-refractivity contribution in [2.24, 2.45) is 0 Å². The van der Waals surface area contributed by atoms with E-state index in [1.165, 1.54) is 0 Å². The second-order valence-corrected chi connectivity index (χ2v) is 14.7. The van der Waals surface area contributed by atoms with E-state index in [1.807, 2.05) is 65.5 Å². The zero-order valence-electron chi connectivity index (χ0n) is 30.2. The van der Waals surface area contributed by atoms with Gasteiger partial charge in [-0.2, -0.15) is 5.26 Å². The van der Waals surface area contributed by atoms with Crippen LogP contribution in [0.15, 0.2) is 79.1 Å². The Morgan fingerprint density at radius 3 is 2.45 bits per heavy atom. The van der Waals surface area contributed by atoms with E-state index >= 15 is 0 Å². The Kier molecular flexibility index (Phi) is 10.6. The predicted octanol–water partition coefficient (Wildman–Crippen LogP) is 8.53. The van der Waals surface area contributed by atoms with Crippen molar-refractivity contribution >= 4 is 45.5 Å². The van der Waals surface area contributed by atoms with Crippen molar-refractivity contribution < 1.29 is 4.79 Å². The third kappa shape index (κ3) is 7.85. The van der Waals surface area contributed by atoms with Crippen molar-refractivity contribution in [2.75, 3.05) is 35.7 Å². The number of hydrogen-bond donors (Lipinski definition) is 2. The number of aromatic nitrogens is 4. The molecule has 51 heavy (non-hydrogen) atoms. The number of anilines is 3. The molecule has 3 heterocycles. The number of nitrogens with one attached hydrogen (secondary N) is 2. The van der Waals surface area contributed by atoms with E-state index in [4.69, 9.17) is 16.7 Å². The molecule has 2 unspecified atom stereocenters. The summed E-state index contributed by atoms with van der Waals surface area (Å²) in [6.07, 6.45) is 6.40. The van der Waals surface area contributed by atoms with Crippen LogP contribution in [0, 0.1) is 11.3 Å². The molecule has 11 heteroatoms. The quantitative estimate of drug-likeness (QED) is 0.149. The summed E-state index contributed by atoms with van der Waals surface area (Å²) in [5, 5.41) is 28.0. The third-order valence-electron chi connectivity index (χ3n) is 9.96. The fraction of sp³-hybridized carbons (Fsp3) is 0.375. The molecule has 0 saturated carbocycles. The van der Waals surface area contributed by atoms with E-state index in [0.717, 1.165) is 65.9 Å². The number of carbonyl (C=O) groups is 1. The smallest absolute Gasteiger partial charge is 0.223 e. The van der Waals surface area contributed by atoms with Gasteiger partial charge in [-0.15, -0.1) is 5.10 Å². The maximum atomic E-state index is 12.3. The molecule has 2 N–H and O–H groups in total. The van der Waals surface area contributed by atoms with Gasteiger partial charge in [0.25, 0.3) is 0 Å². The first-order valence-corrected chi connectivity index (χ1v) is 18.0. The molecule has 1 aliphatic heterocycles. The summed E-state index contributed by atoms with van der Waals surface area (Å²) >= 11 is 6.95. The highest BCUT2D eigenvalue weighted by molar-refractivity contribution is 6.35. The molecule has 1 aliphatic rings. The molecule has 264 valence electrons. The maximum absolute atomic E-state index is 12.3. The van der Waals surface area contributed by atoms with Gasteiger partial charge in [0.15, 0.2) is 0 Å². The molecular weight excluding hydrogens is 658 g/mol. The Balaban J connectivity index is 1.40. The van der Waals surface area contributed by atoms with E-state index in [9.17, 15) is 10.1 Å². The van der Waals surface area contributed by atoms with Gasteiger partial charge in [-0.25, -0.2) is 4.68 Å². The van der Waals surface area contributed by atoms with Crippen molar-refractivity contribution in [3.8, 4) is 6.07 Å². The van der Waals surface area contributed by atoms with Crippen LogP contribution in [0.4, 0.5) is 17.1 Å². The minimum atomic E-state index is -0.432. The number of piperidine rings is 1. The normalized spacial score (nSPS) is 15.3. The number of likely N-dealkylation sites (tertiary alicyclic amines) is 1. The molecule has 5 aromatic rings.